The molecule has 1 amide bonds. The van der Waals surface area contributed by atoms with Crippen LogP contribution in [0.15, 0.2) is 23.3 Å². The fraction of sp³-hybridized carbons (Fsp3) is 0.250. The summed E-state index contributed by atoms with van der Waals surface area (Å²) < 4.78 is 5.20. The van der Waals surface area contributed by atoms with Crippen LogP contribution in [0.1, 0.15) is 18.9 Å². The molecule has 2 N–H and O–H groups in total. The molecule has 0 aromatic heterocycles. The van der Waals surface area contributed by atoms with Crippen molar-refractivity contribution in [1.82, 2.24) is 5.43 Å². The van der Waals surface area contributed by atoms with Gasteiger partial charge in [0.05, 0.1) is 18.9 Å². The molecule has 0 saturated heterocycles. The second-order valence-corrected chi connectivity index (χ2v) is 3.29. The average molecular weight is 247 g/mol. The summed E-state index contributed by atoms with van der Waals surface area (Å²) in [5, 5.41) is 21.4. The summed E-state index contributed by atoms with van der Waals surface area (Å²) in [6.07, 6.45) is 1.16. The van der Waals surface area contributed by atoms with Crippen LogP contribution in [0.5, 0.6) is 11.5 Å². The number of amides is 1. The lowest BCUT2D eigenvalue weighted by atomic mass is 10.2. The maximum Gasteiger partial charge on any atom is 0.254 e. The van der Waals surface area contributed by atoms with Crippen LogP contribution in [0, 0.1) is 11.3 Å². The second-order valence-electron chi connectivity index (χ2n) is 3.29. The molecule has 0 atom stereocenters. The lowest BCUT2D eigenvalue weighted by Gasteiger charge is -2.05. The van der Waals surface area contributed by atoms with E-state index in [9.17, 15) is 9.90 Å². The fourth-order valence-corrected chi connectivity index (χ4v) is 1.17. The first-order valence-electron chi connectivity index (χ1n) is 5.32. The molecule has 94 valence electrons. The highest BCUT2D eigenvalue weighted by Gasteiger charge is 2.02. The van der Waals surface area contributed by atoms with Gasteiger partial charge in [-0.25, -0.2) is 5.43 Å². The molecule has 18 heavy (non-hydrogen) atoms. The molecule has 0 aliphatic heterocycles. The third-order valence-electron chi connectivity index (χ3n) is 1.93. The number of hydrogen-bond donors (Lipinski definition) is 2. The first kappa shape index (κ1) is 13.5. The van der Waals surface area contributed by atoms with Gasteiger partial charge in [-0.3, -0.25) is 4.79 Å². The highest BCUT2D eigenvalue weighted by molar-refractivity contribution is 5.83. The van der Waals surface area contributed by atoms with E-state index in [0.717, 1.165) is 0 Å². The number of phenols is 1. The zero-order valence-corrected chi connectivity index (χ0v) is 9.88. The number of carbonyl (C=O) groups is 1. The van der Waals surface area contributed by atoms with Crippen molar-refractivity contribution in [2.24, 2.45) is 5.10 Å². The molecule has 1 aromatic rings. The van der Waals surface area contributed by atoms with E-state index in [1.807, 2.05) is 6.92 Å². The lowest BCUT2D eigenvalue weighted by molar-refractivity contribution is -0.120. The molecule has 0 saturated carbocycles. The molecule has 0 aliphatic rings. The molecule has 1 rings (SSSR count). The van der Waals surface area contributed by atoms with Crippen LogP contribution in [0.3, 0.4) is 0 Å². The van der Waals surface area contributed by atoms with E-state index in [2.05, 4.69) is 10.5 Å². The van der Waals surface area contributed by atoms with E-state index in [-0.39, 0.29) is 12.2 Å². The van der Waals surface area contributed by atoms with E-state index < -0.39 is 5.91 Å². The summed E-state index contributed by atoms with van der Waals surface area (Å²) >= 11 is 0. The molecule has 0 bridgehead atoms. The summed E-state index contributed by atoms with van der Waals surface area (Å²) in [5.74, 6) is -0.0788. The molecule has 6 heteroatoms. The predicted octanol–water partition coefficient (Wildman–Crippen LogP) is 1.15. The molecule has 1 aromatic carbocycles. The Kier molecular flexibility index (Phi) is 5.19. The number of hydrogen-bond acceptors (Lipinski definition) is 5. The number of nitrogens with zero attached hydrogens (tertiary/aromatic N) is 2. The minimum absolute atomic E-state index is 0.0440. The van der Waals surface area contributed by atoms with E-state index in [1.165, 1.54) is 12.3 Å². The van der Waals surface area contributed by atoms with Gasteiger partial charge in [-0.2, -0.15) is 10.4 Å². The highest BCUT2D eigenvalue weighted by atomic mass is 16.5. The maximum atomic E-state index is 10.9. The van der Waals surface area contributed by atoms with Crippen LogP contribution >= 0.6 is 0 Å². The number of hydrazone groups is 1. The van der Waals surface area contributed by atoms with Gasteiger partial charge in [0.1, 0.15) is 6.42 Å². The quantitative estimate of drug-likeness (QED) is 0.602. The van der Waals surface area contributed by atoms with Gasteiger partial charge in [-0.05, 0) is 30.7 Å². The Balaban J connectivity index is 2.67. The average Bonchev–Trinajstić information content (AvgIpc) is 2.34. The molecule has 0 heterocycles. The Hall–Kier alpha value is -2.55. The van der Waals surface area contributed by atoms with Crippen molar-refractivity contribution in [3.8, 4) is 17.6 Å². The van der Waals surface area contributed by atoms with Crippen molar-refractivity contribution in [2.75, 3.05) is 6.61 Å². The smallest absolute Gasteiger partial charge is 0.254 e. The summed E-state index contributed by atoms with van der Waals surface area (Å²) in [5.41, 5.74) is 2.86. The van der Waals surface area contributed by atoms with E-state index in [1.54, 1.807) is 18.2 Å². The van der Waals surface area contributed by atoms with Crippen molar-refractivity contribution in [2.45, 2.75) is 13.3 Å². The van der Waals surface area contributed by atoms with Crippen molar-refractivity contribution in [3.63, 3.8) is 0 Å². The number of nitrogens with one attached hydrogen (secondary N) is 1. The van der Waals surface area contributed by atoms with E-state index in [4.69, 9.17) is 10.00 Å². The highest BCUT2D eigenvalue weighted by Crippen LogP contribution is 2.25. The molecule has 6 nitrogen and oxygen atoms in total. The maximum absolute atomic E-state index is 10.9. The third kappa shape index (κ3) is 4.14. The van der Waals surface area contributed by atoms with Gasteiger partial charge in [-0.1, -0.05) is 0 Å². The summed E-state index contributed by atoms with van der Waals surface area (Å²) in [6, 6.07) is 6.40. The predicted molar refractivity (Wildman–Crippen MR) is 65.2 cm³/mol. The largest absolute Gasteiger partial charge is 0.504 e. The SMILES string of the molecule is CCOc1cc(/C=N\NC(=O)CC#N)ccc1O. The van der Waals surface area contributed by atoms with Crippen molar-refractivity contribution >= 4 is 12.1 Å². The zero-order chi connectivity index (χ0) is 13.4. The number of aromatic hydroxyl groups is 1. The van der Waals surface area contributed by atoms with Crippen LogP contribution < -0.4 is 10.2 Å². The molecule has 0 spiro atoms. The number of ether oxygens (including phenoxy) is 1. The first-order chi connectivity index (χ1) is 8.67. The van der Waals surface area contributed by atoms with Gasteiger partial charge in [0, 0.05) is 0 Å². The number of benzene rings is 1. The Morgan fingerprint density at radius 1 is 1.67 bits per heavy atom. The monoisotopic (exact) mass is 247 g/mol. The van der Waals surface area contributed by atoms with Crippen LogP contribution in [0.25, 0.3) is 0 Å². The second kappa shape index (κ2) is 6.91. The van der Waals surface area contributed by atoms with Crippen LogP contribution in [0.4, 0.5) is 0 Å². The van der Waals surface area contributed by atoms with Crippen LogP contribution in [-0.2, 0) is 4.79 Å². The van der Waals surface area contributed by atoms with Crippen molar-refractivity contribution < 1.29 is 14.6 Å². The van der Waals surface area contributed by atoms with Crippen molar-refractivity contribution in [1.29, 1.82) is 5.26 Å². The van der Waals surface area contributed by atoms with Gasteiger partial charge < -0.3 is 9.84 Å². The number of phenolic OH excluding ortho intramolecular Hbond substituents is 1. The normalized spacial score (nSPS) is 10.0. The van der Waals surface area contributed by atoms with Gasteiger partial charge in [0.2, 0.25) is 0 Å². The molecule has 0 aliphatic carbocycles. The number of nitriles is 1. The minimum atomic E-state index is -0.474. The standard InChI is InChI=1S/C12H13N3O3/c1-2-18-11-7-9(3-4-10(11)16)8-14-15-12(17)5-6-13/h3-4,7-8,16H,2,5H2,1H3,(H,15,17)/b14-8-. The Morgan fingerprint density at radius 2 is 2.44 bits per heavy atom. The zero-order valence-electron chi connectivity index (χ0n) is 9.88. The van der Waals surface area contributed by atoms with Gasteiger partial charge >= 0.3 is 0 Å². The van der Waals surface area contributed by atoms with Gasteiger partial charge in [0.15, 0.2) is 11.5 Å². The third-order valence-corrected chi connectivity index (χ3v) is 1.93. The summed E-state index contributed by atoms with van der Waals surface area (Å²) in [4.78, 5) is 10.9. The van der Waals surface area contributed by atoms with E-state index >= 15 is 0 Å². The van der Waals surface area contributed by atoms with Crippen LogP contribution in [-0.4, -0.2) is 23.8 Å². The summed E-state index contributed by atoms with van der Waals surface area (Å²) in [6.45, 7) is 2.25. The Bertz CT molecular complexity index is 492. The van der Waals surface area contributed by atoms with Gasteiger partial charge in [0.25, 0.3) is 5.91 Å². The topological polar surface area (TPSA) is 94.7 Å². The number of rotatable bonds is 5. The first-order valence-corrected chi connectivity index (χ1v) is 5.32. The van der Waals surface area contributed by atoms with Crippen molar-refractivity contribution in [3.05, 3.63) is 23.8 Å². The van der Waals surface area contributed by atoms with E-state index in [0.29, 0.717) is 17.9 Å². The van der Waals surface area contributed by atoms with Crippen LogP contribution in [0.2, 0.25) is 0 Å². The molecule has 0 unspecified atom stereocenters. The Labute approximate surface area is 104 Å². The molecule has 0 radical (unpaired) electrons. The minimum Gasteiger partial charge on any atom is -0.504 e. The molecular formula is C12H13N3O3. The van der Waals surface area contributed by atoms with Gasteiger partial charge in [-0.15, -0.1) is 0 Å². The lowest BCUT2D eigenvalue weighted by Crippen LogP contribution is -2.16. The number of carbonyl (C=O) groups excluding carboxylic acids is 1. The molecule has 0 fully saturated rings. The molecular weight excluding hydrogens is 234 g/mol. The fourth-order valence-electron chi connectivity index (χ4n) is 1.17. The Morgan fingerprint density at radius 3 is 3.11 bits per heavy atom. The summed E-state index contributed by atoms with van der Waals surface area (Å²) in [7, 11) is 0.